The smallest absolute Gasteiger partial charge is 0.338 e. The molecule has 0 radical (unpaired) electrons. The van der Waals surface area contributed by atoms with E-state index in [0.29, 0.717) is 17.7 Å². The largest absolute Gasteiger partial charge is 0.462 e. The Morgan fingerprint density at radius 1 is 1.24 bits per heavy atom. The quantitative estimate of drug-likeness (QED) is 0.644. The van der Waals surface area contributed by atoms with Crippen LogP contribution in [0.5, 0.6) is 0 Å². The van der Waals surface area contributed by atoms with Crippen molar-refractivity contribution in [1.29, 1.82) is 0 Å². The number of rotatable bonds is 3. The molecule has 25 heavy (non-hydrogen) atoms. The van der Waals surface area contributed by atoms with Gasteiger partial charge in [-0.3, -0.25) is 0 Å². The summed E-state index contributed by atoms with van der Waals surface area (Å²) in [5.41, 5.74) is 3.29. The van der Waals surface area contributed by atoms with Gasteiger partial charge in [-0.15, -0.1) is 0 Å². The van der Waals surface area contributed by atoms with Crippen molar-refractivity contribution in [1.82, 2.24) is 0 Å². The molecule has 0 bridgehead atoms. The summed E-state index contributed by atoms with van der Waals surface area (Å²) < 4.78 is 19.4. The molecule has 4 heteroatoms. The number of allylic oxidation sites excluding steroid dienone is 2. The number of halogens is 1. The number of anilines is 1. The summed E-state index contributed by atoms with van der Waals surface area (Å²) in [7, 11) is 0. The third-order valence-electron chi connectivity index (χ3n) is 5.11. The molecule has 128 valence electrons. The average molecular weight is 337 g/mol. The minimum absolute atomic E-state index is 0.0813. The van der Waals surface area contributed by atoms with Crippen molar-refractivity contribution in [3.63, 3.8) is 0 Å². The summed E-state index contributed by atoms with van der Waals surface area (Å²) in [6.45, 7) is 2.15. The topological polar surface area (TPSA) is 38.3 Å². The van der Waals surface area contributed by atoms with Gasteiger partial charge in [0.15, 0.2) is 0 Å². The molecular weight excluding hydrogens is 317 g/mol. The molecule has 3 nitrogen and oxygen atoms in total. The minimum atomic E-state index is -0.306. The molecule has 0 saturated heterocycles. The lowest BCUT2D eigenvalue weighted by Crippen LogP contribution is -2.30. The number of hydrogen-bond acceptors (Lipinski definition) is 3. The van der Waals surface area contributed by atoms with Crippen LogP contribution in [0.2, 0.25) is 0 Å². The van der Waals surface area contributed by atoms with Gasteiger partial charge in [0.2, 0.25) is 0 Å². The number of ether oxygens (including phenoxy) is 1. The lowest BCUT2D eigenvalue weighted by Gasteiger charge is -2.37. The van der Waals surface area contributed by atoms with Crippen molar-refractivity contribution in [2.24, 2.45) is 5.92 Å². The second-order valence-electron chi connectivity index (χ2n) is 6.52. The number of fused-ring (bicyclic) bond motifs is 3. The fourth-order valence-corrected chi connectivity index (χ4v) is 3.97. The normalized spacial score (nSPS) is 23.5. The zero-order valence-electron chi connectivity index (χ0n) is 14.0. The number of carbonyl (C=O) groups is 1. The fraction of sp³-hybridized carbons (Fsp3) is 0.286. The van der Waals surface area contributed by atoms with Crippen molar-refractivity contribution >= 4 is 11.7 Å². The van der Waals surface area contributed by atoms with Crippen molar-refractivity contribution in [3.05, 3.63) is 77.1 Å². The first-order chi connectivity index (χ1) is 12.2. The maximum absolute atomic E-state index is 14.3. The molecule has 0 saturated carbocycles. The number of hydrogen-bond donors (Lipinski definition) is 1. The van der Waals surface area contributed by atoms with Crippen LogP contribution in [0.1, 0.15) is 46.8 Å². The Morgan fingerprint density at radius 2 is 2.08 bits per heavy atom. The van der Waals surface area contributed by atoms with Gasteiger partial charge in [-0.25, -0.2) is 9.18 Å². The molecule has 0 unspecified atom stereocenters. The summed E-state index contributed by atoms with van der Waals surface area (Å²) in [4.78, 5) is 12.0. The van der Waals surface area contributed by atoms with E-state index >= 15 is 0 Å². The van der Waals surface area contributed by atoms with Crippen LogP contribution in [0.25, 0.3) is 0 Å². The molecule has 1 aliphatic heterocycles. The van der Waals surface area contributed by atoms with E-state index in [4.69, 9.17) is 4.74 Å². The molecule has 4 rings (SSSR count). The monoisotopic (exact) mass is 337 g/mol. The Kier molecular flexibility index (Phi) is 4.04. The Balaban J connectivity index is 1.74. The van der Waals surface area contributed by atoms with Gasteiger partial charge in [-0.2, -0.15) is 0 Å². The van der Waals surface area contributed by atoms with Gasteiger partial charge in [-0.05, 0) is 49.1 Å². The highest BCUT2D eigenvalue weighted by Gasteiger charge is 2.39. The maximum atomic E-state index is 14.3. The Labute approximate surface area is 146 Å². The zero-order chi connectivity index (χ0) is 17.4. The van der Waals surface area contributed by atoms with E-state index in [0.717, 1.165) is 17.7 Å². The number of nitrogens with one attached hydrogen (secondary N) is 1. The van der Waals surface area contributed by atoms with E-state index in [1.807, 2.05) is 24.3 Å². The van der Waals surface area contributed by atoms with Crippen molar-refractivity contribution < 1.29 is 13.9 Å². The molecule has 2 aliphatic rings. The van der Waals surface area contributed by atoms with Crippen molar-refractivity contribution in [2.45, 2.75) is 25.3 Å². The van der Waals surface area contributed by atoms with Crippen molar-refractivity contribution in [3.8, 4) is 0 Å². The molecular formula is C21H20FNO2. The Morgan fingerprint density at radius 3 is 2.88 bits per heavy atom. The van der Waals surface area contributed by atoms with E-state index in [2.05, 4.69) is 17.5 Å². The van der Waals surface area contributed by atoms with E-state index in [1.54, 1.807) is 19.1 Å². The standard InChI is InChI=1S/C21H20FNO2/c1-2-25-21(24)13-10-11-19-17(12-13)14-7-5-8-15(14)20(23-19)16-6-3-4-9-18(16)22/h3-7,9-12,14-15,20,23H,2,8H2,1H3/t14-,15+,20+/m0/s1. The Bertz CT molecular complexity index is 846. The highest BCUT2D eigenvalue weighted by Crippen LogP contribution is 2.50. The predicted octanol–water partition coefficient (Wildman–Crippen LogP) is 4.83. The van der Waals surface area contributed by atoms with Crippen molar-refractivity contribution in [2.75, 3.05) is 11.9 Å². The van der Waals surface area contributed by atoms with E-state index in [-0.39, 0.29) is 29.7 Å². The van der Waals surface area contributed by atoms with Gasteiger partial charge in [0, 0.05) is 17.2 Å². The Hall–Kier alpha value is -2.62. The SMILES string of the molecule is CCOC(=O)c1ccc2c(c1)[C@H]1C=CC[C@H]1[C@H](c1ccccc1F)N2. The highest BCUT2D eigenvalue weighted by atomic mass is 19.1. The first-order valence-electron chi connectivity index (χ1n) is 8.67. The third kappa shape index (κ3) is 2.72. The fourth-order valence-electron chi connectivity index (χ4n) is 3.97. The van der Waals surface area contributed by atoms with Crippen LogP contribution >= 0.6 is 0 Å². The van der Waals surface area contributed by atoms with Gasteiger partial charge >= 0.3 is 5.97 Å². The zero-order valence-corrected chi connectivity index (χ0v) is 14.0. The summed E-state index contributed by atoms with van der Waals surface area (Å²) in [5, 5.41) is 3.49. The summed E-state index contributed by atoms with van der Waals surface area (Å²) >= 11 is 0. The maximum Gasteiger partial charge on any atom is 0.338 e. The summed E-state index contributed by atoms with van der Waals surface area (Å²) in [5.74, 6) is -0.0747. The van der Waals surface area contributed by atoms with Crippen LogP contribution in [0, 0.1) is 11.7 Å². The number of benzene rings is 2. The van der Waals surface area contributed by atoms with E-state index < -0.39 is 0 Å². The van der Waals surface area contributed by atoms with Gasteiger partial charge < -0.3 is 10.1 Å². The van der Waals surface area contributed by atoms with Gasteiger partial charge in [0.05, 0.1) is 18.2 Å². The molecule has 2 aromatic rings. The van der Waals surface area contributed by atoms with Gasteiger partial charge in [0.1, 0.15) is 5.82 Å². The van der Waals surface area contributed by atoms with Gasteiger partial charge in [0.25, 0.3) is 0 Å². The van der Waals surface area contributed by atoms with Crippen LogP contribution in [-0.2, 0) is 4.74 Å². The van der Waals surface area contributed by atoms with E-state index in [9.17, 15) is 9.18 Å². The molecule has 0 amide bonds. The van der Waals surface area contributed by atoms with Crippen LogP contribution in [-0.4, -0.2) is 12.6 Å². The summed E-state index contributed by atoms with van der Waals surface area (Å²) in [6, 6.07) is 12.4. The predicted molar refractivity (Wildman–Crippen MR) is 95.2 cm³/mol. The van der Waals surface area contributed by atoms with Crippen LogP contribution < -0.4 is 5.32 Å². The second kappa shape index (κ2) is 6.36. The van der Waals surface area contributed by atoms with Crippen LogP contribution in [0.3, 0.4) is 0 Å². The van der Waals surface area contributed by atoms with Crippen LogP contribution in [0.15, 0.2) is 54.6 Å². The van der Waals surface area contributed by atoms with Gasteiger partial charge in [-0.1, -0.05) is 30.4 Å². The molecule has 1 N–H and O–H groups in total. The highest BCUT2D eigenvalue weighted by molar-refractivity contribution is 5.90. The third-order valence-corrected chi connectivity index (χ3v) is 5.11. The molecule has 2 aromatic carbocycles. The lowest BCUT2D eigenvalue weighted by molar-refractivity contribution is 0.0526. The minimum Gasteiger partial charge on any atom is -0.462 e. The molecule has 1 heterocycles. The lowest BCUT2D eigenvalue weighted by atomic mass is 9.76. The molecule has 1 aliphatic carbocycles. The average Bonchev–Trinajstić information content (AvgIpc) is 3.11. The molecule has 0 fully saturated rings. The first-order valence-corrected chi connectivity index (χ1v) is 8.67. The van der Waals surface area contributed by atoms with Crippen LogP contribution in [0.4, 0.5) is 10.1 Å². The summed E-state index contributed by atoms with van der Waals surface area (Å²) in [6.07, 6.45) is 5.21. The number of esters is 1. The van der Waals surface area contributed by atoms with E-state index in [1.165, 1.54) is 6.07 Å². The number of carbonyl (C=O) groups excluding carboxylic acids is 1. The molecule has 0 aromatic heterocycles. The second-order valence-corrected chi connectivity index (χ2v) is 6.52. The molecule has 0 spiro atoms. The molecule has 3 atom stereocenters. The first kappa shape index (κ1) is 15.9.